The van der Waals surface area contributed by atoms with E-state index in [1.165, 1.54) is 19.1 Å². The number of benzene rings is 1. The summed E-state index contributed by atoms with van der Waals surface area (Å²) in [6.07, 6.45) is -4.55. The van der Waals surface area contributed by atoms with Crippen LogP contribution < -0.4 is 5.32 Å². The minimum atomic E-state index is -4.48. The highest BCUT2D eigenvalue weighted by molar-refractivity contribution is 5.91. The number of nitrogens with one attached hydrogen (secondary N) is 1. The minimum absolute atomic E-state index is 0.0447. The number of anilines is 1. The van der Waals surface area contributed by atoms with Gasteiger partial charge in [0.15, 0.2) is 0 Å². The first-order valence-electron chi connectivity index (χ1n) is 5.89. The lowest BCUT2D eigenvalue weighted by molar-refractivity contribution is -0.138. The zero-order valence-electron chi connectivity index (χ0n) is 10.8. The number of hydrogen-bond donors (Lipinski definition) is 2. The molecule has 0 aromatic heterocycles. The Morgan fingerprint density at radius 3 is 2.45 bits per heavy atom. The van der Waals surface area contributed by atoms with E-state index in [2.05, 4.69) is 5.32 Å². The van der Waals surface area contributed by atoms with Crippen molar-refractivity contribution < 1.29 is 27.9 Å². The first-order valence-corrected chi connectivity index (χ1v) is 5.89. The van der Waals surface area contributed by atoms with E-state index in [1.807, 2.05) is 0 Å². The van der Waals surface area contributed by atoms with Crippen LogP contribution in [-0.4, -0.2) is 17.0 Å². The van der Waals surface area contributed by atoms with Crippen LogP contribution in [0.15, 0.2) is 18.2 Å². The molecule has 4 nitrogen and oxygen atoms in total. The van der Waals surface area contributed by atoms with Crippen molar-refractivity contribution in [1.29, 1.82) is 0 Å². The summed E-state index contributed by atoms with van der Waals surface area (Å²) in [5, 5.41) is 10.7. The van der Waals surface area contributed by atoms with Gasteiger partial charge in [-0.3, -0.25) is 9.59 Å². The van der Waals surface area contributed by atoms with Gasteiger partial charge in [-0.2, -0.15) is 13.2 Å². The molecule has 0 aliphatic rings. The molecule has 0 atom stereocenters. The summed E-state index contributed by atoms with van der Waals surface area (Å²) in [7, 11) is 0. The summed E-state index contributed by atoms with van der Waals surface area (Å²) in [5.74, 6) is -1.53. The highest BCUT2D eigenvalue weighted by Crippen LogP contribution is 2.33. The molecule has 7 heteroatoms. The molecule has 0 fully saturated rings. The van der Waals surface area contributed by atoms with Gasteiger partial charge in [-0.1, -0.05) is 6.07 Å². The number of alkyl halides is 3. The van der Waals surface area contributed by atoms with Crippen molar-refractivity contribution in [2.45, 2.75) is 32.4 Å². The molecule has 0 saturated carbocycles. The highest BCUT2D eigenvalue weighted by atomic mass is 19.4. The number of carbonyl (C=O) groups excluding carboxylic acids is 1. The van der Waals surface area contributed by atoms with E-state index in [4.69, 9.17) is 5.11 Å². The van der Waals surface area contributed by atoms with Gasteiger partial charge in [0.2, 0.25) is 5.91 Å². The Morgan fingerprint density at radius 1 is 1.25 bits per heavy atom. The molecule has 0 bridgehead atoms. The number of amides is 1. The number of halogens is 3. The molecule has 0 aliphatic carbocycles. The molecule has 1 aromatic rings. The molecule has 0 aliphatic heterocycles. The molecule has 0 spiro atoms. The van der Waals surface area contributed by atoms with Crippen LogP contribution >= 0.6 is 0 Å². The average Bonchev–Trinajstić information content (AvgIpc) is 2.29. The summed E-state index contributed by atoms with van der Waals surface area (Å²) in [6, 6.07) is 3.51. The molecule has 0 radical (unpaired) electrons. The standard InChI is InChI=1S/C13H14F3NO3/c1-8-5-6-9(7-10(8)13(14,15)16)17-11(18)3-2-4-12(19)20/h5-7H,2-4H2,1H3,(H,17,18)(H,19,20). The molecular weight excluding hydrogens is 275 g/mol. The van der Waals surface area contributed by atoms with Crippen molar-refractivity contribution >= 4 is 17.6 Å². The van der Waals surface area contributed by atoms with Gasteiger partial charge in [-0.25, -0.2) is 0 Å². The van der Waals surface area contributed by atoms with Crippen LogP contribution in [0.2, 0.25) is 0 Å². The molecule has 0 unspecified atom stereocenters. The quantitative estimate of drug-likeness (QED) is 0.874. The average molecular weight is 289 g/mol. The topological polar surface area (TPSA) is 66.4 Å². The predicted molar refractivity (Wildman–Crippen MR) is 66.3 cm³/mol. The first-order chi connectivity index (χ1) is 9.20. The Morgan fingerprint density at radius 2 is 1.90 bits per heavy atom. The second-order valence-electron chi connectivity index (χ2n) is 4.32. The Hall–Kier alpha value is -2.05. The van der Waals surface area contributed by atoms with Crippen molar-refractivity contribution in [2.75, 3.05) is 5.32 Å². The Balaban J connectivity index is 2.69. The Labute approximate surface area is 113 Å². The van der Waals surface area contributed by atoms with Crippen molar-refractivity contribution in [1.82, 2.24) is 0 Å². The molecular formula is C13H14F3NO3. The lowest BCUT2D eigenvalue weighted by Gasteiger charge is -2.12. The van der Waals surface area contributed by atoms with E-state index in [0.29, 0.717) is 0 Å². The van der Waals surface area contributed by atoms with Crippen LogP contribution in [0.3, 0.4) is 0 Å². The molecule has 1 aromatic carbocycles. The summed E-state index contributed by atoms with van der Waals surface area (Å²) < 4.78 is 38.0. The fourth-order valence-electron chi connectivity index (χ4n) is 1.63. The molecule has 2 N–H and O–H groups in total. The number of aryl methyl sites for hydroxylation is 1. The maximum Gasteiger partial charge on any atom is 0.416 e. The van der Waals surface area contributed by atoms with E-state index in [1.54, 1.807) is 0 Å². The second-order valence-corrected chi connectivity index (χ2v) is 4.32. The van der Waals surface area contributed by atoms with Crippen molar-refractivity contribution in [3.8, 4) is 0 Å². The van der Waals surface area contributed by atoms with Gasteiger partial charge in [0, 0.05) is 18.5 Å². The van der Waals surface area contributed by atoms with Gasteiger partial charge < -0.3 is 10.4 Å². The zero-order valence-corrected chi connectivity index (χ0v) is 10.8. The van der Waals surface area contributed by atoms with Crippen LogP contribution in [0, 0.1) is 6.92 Å². The Bertz CT molecular complexity index is 512. The minimum Gasteiger partial charge on any atom is -0.481 e. The van der Waals surface area contributed by atoms with E-state index in [0.717, 1.165) is 6.07 Å². The monoisotopic (exact) mass is 289 g/mol. The van der Waals surface area contributed by atoms with Gasteiger partial charge >= 0.3 is 12.1 Å². The van der Waals surface area contributed by atoms with Gasteiger partial charge in [0.05, 0.1) is 5.56 Å². The fourth-order valence-corrected chi connectivity index (χ4v) is 1.63. The summed E-state index contributed by atoms with van der Waals surface area (Å²) in [6.45, 7) is 1.33. The number of hydrogen-bond acceptors (Lipinski definition) is 2. The third kappa shape index (κ3) is 4.91. The van der Waals surface area contributed by atoms with Crippen molar-refractivity contribution in [2.24, 2.45) is 0 Å². The number of carboxylic acid groups (broad SMARTS) is 1. The molecule has 110 valence electrons. The van der Waals surface area contributed by atoms with Crippen LogP contribution in [0.5, 0.6) is 0 Å². The van der Waals surface area contributed by atoms with Crippen LogP contribution in [0.1, 0.15) is 30.4 Å². The van der Waals surface area contributed by atoms with Crippen LogP contribution in [-0.2, 0) is 15.8 Å². The van der Waals surface area contributed by atoms with Gasteiger partial charge in [0.1, 0.15) is 0 Å². The predicted octanol–water partition coefficient (Wildman–Crippen LogP) is 3.21. The largest absolute Gasteiger partial charge is 0.481 e. The van der Waals surface area contributed by atoms with E-state index in [-0.39, 0.29) is 30.5 Å². The van der Waals surface area contributed by atoms with Crippen LogP contribution in [0.25, 0.3) is 0 Å². The molecule has 0 heterocycles. The highest BCUT2D eigenvalue weighted by Gasteiger charge is 2.32. The SMILES string of the molecule is Cc1ccc(NC(=O)CCCC(=O)O)cc1C(F)(F)F. The molecule has 20 heavy (non-hydrogen) atoms. The van der Waals surface area contributed by atoms with E-state index < -0.39 is 23.6 Å². The summed E-state index contributed by atoms with van der Waals surface area (Å²) >= 11 is 0. The van der Waals surface area contributed by atoms with Gasteiger partial charge in [-0.15, -0.1) is 0 Å². The lowest BCUT2D eigenvalue weighted by Crippen LogP contribution is -2.14. The van der Waals surface area contributed by atoms with Gasteiger partial charge in [0.25, 0.3) is 0 Å². The van der Waals surface area contributed by atoms with Crippen molar-refractivity contribution in [3.05, 3.63) is 29.3 Å². The lowest BCUT2D eigenvalue weighted by atomic mass is 10.1. The fraction of sp³-hybridized carbons (Fsp3) is 0.385. The van der Waals surface area contributed by atoms with Gasteiger partial charge in [-0.05, 0) is 31.0 Å². The third-order valence-corrected chi connectivity index (χ3v) is 2.62. The second kappa shape index (κ2) is 6.40. The van der Waals surface area contributed by atoms with E-state index >= 15 is 0 Å². The molecule has 1 amide bonds. The Kier molecular flexibility index (Phi) is 5.12. The van der Waals surface area contributed by atoms with E-state index in [9.17, 15) is 22.8 Å². The number of rotatable bonds is 5. The first kappa shape index (κ1) is 16.0. The maximum absolute atomic E-state index is 12.7. The van der Waals surface area contributed by atoms with Crippen LogP contribution in [0.4, 0.5) is 18.9 Å². The summed E-state index contributed by atoms with van der Waals surface area (Å²) in [5.41, 5.74) is -0.689. The smallest absolute Gasteiger partial charge is 0.416 e. The molecule has 1 rings (SSSR count). The number of carbonyl (C=O) groups is 2. The van der Waals surface area contributed by atoms with Crippen molar-refractivity contribution in [3.63, 3.8) is 0 Å². The molecule has 0 saturated heterocycles. The number of aliphatic carboxylic acids is 1. The summed E-state index contributed by atoms with van der Waals surface area (Å²) in [4.78, 5) is 21.7. The zero-order chi connectivity index (χ0) is 15.3. The third-order valence-electron chi connectivity index (χ3n) is 2.62. The normalized spacial score (nSPS) is 11.2. The maximum atomic E-state index is 12.7. The number of carboxylic acids is 1.